The van der Waals surface area contributed by atoms with Crippen LogP contribution in [0, 0.1) is 5.92 Å². The van der Waals surface area contributed by atoms with Crippen molar-refractivity contribution in [1.82, 2.24) is 0 Å². The summed E-state index contributed by atoms with van der Waals surface area (Å²) >= 11 is 5.94. The molecule has 1 aromatic carbocycles. The molecule has 3 heteroatoms. The van der Waals surface area contributed by atoms with E-state index in [9.17, 15) is 4.79 Å². The van der Waals surface area contributed by atoms with Crippen molar-refractivity contribution in [3.63, 3.8) is 0 Å². The van der Waals surface area contributed by atoms with Crippen LogP contribution in [0.2, 0.25) is 5.02 Å². The van der Waals surface area contributed by atoms with Gasteiger partial charge < -0.3 is 4.74 Å². The quantitative estimate of drug-likeness (QED) is 0.700. The van der Waals surface area contributed by atoms with Gasteiger partial charge in [0.05, 0.1) is 12.0 Å². The third kappa shape index (κ3) is 1.83. The Kier molecular flexibility index (Phi) is 2.86. The molecule has 1 aliphatic heterocycles. The van der Waals surface area contributed by atoms with Gasteiger partial charge >= 0.3 is 0 Å². The highest BCUT2D eigenvalue weighted by Crippen LogP contribution is 2.45. The largest absolute Gasteiger partial charge is 0.486 e. The summed E-state index contributed by atoms with van der Waals surface area (Å²) in [4.78, 5) is 12.3. The molecule has 3 rings (SSSR count). The van der Waals surface area contributed by atoms with E-state index < -0.39 is 0 Å². The number of carbonyl (C=O) groups is 1. The number of ketones is 1. The molecule has 0 bridgehead atoms. The fourth-order valence-electron chi connectivity index (χ4n) is 3.23. The number of benzene rings is 1. The first-order chi connectivity index (χ1) is 8.61. The molecule has 2 atom stereocenters. The van der Waals surface area contributed by atoms with Crippen LogP contribution in [0.15, 0.2) is 18.2 Å². The van der Waals surface area contributed by atoms with E-state index >= 15 is 0 Å². The summed E-state index contributed by atoms with van der Waals surface area (Å²) in [7, 11) is 0. The van der Waals surface area contributed by atoms with Crippen LogP contribution >= 0.6 is 11.6 Å². The molecule has 1 fully saturated rings. The molecule has 2 unspecified atom stereocenters. The molecule has 0 saturated heterocycles. The molecular weight excluding hydrogens is 248 g/mol. The maximum atomic E-state index is 12.3. The van der Waals surface area contributed by atoms with Crippen LogP contribution in [0.1, 0.15) is 49.4 Å². The first-order valence-electron chi connectivity index (χ1n) is 6.62. The standard InChI is InChI=1S/C15H17ClO2/c1-10-4-2-3-7-15(10)9-13(17)12-8-11(16)5-6-14(12)18-15/h5-6,8,10H,2-4,7,9H2,1H3. The molecule has 2 aliphatic rings. The van der Waals surface area contributed by atoms with Crippen LogP contribution in [0.25, 0.3) is 0 Å². The number of fused-ring (bicyclic) bond motifs is 1. The number of Topliss-reactive ketones (excluding diaryl/α,β-unsaturated/α-hetero) is 1. The van der Waals surface area contributed by atoms with Crippen LogP contribution in [0.5, 0.6) is 5.75 Å². The van der Waals surface area contributed by atoms with Crippen molar-refractivity contribution < 1.29 is 9.53 Å². The Morgan fingerprint density at radius 2 is 2.22 bits per heavy atom. The van der Waals surface area contributed by atoms with E-state index in [1.54, 1.807) is 12.1 Å². The Hall–Kier alpha value is -1.02. The van der Waals surface area contributed by atoms with Gasteiger partial charge in [-0.2, -0.15) is 0 Å². The lowest BCUT2D eigenvalue weighted by molar-refractivity contribution is -0.0258. The lowest BCUT2D eigenvalue weighted by atomic mass is 9.72. The molecule has 18 heavy (non-hydrogen) atoms. The second kappa shape index (κ2) is 4.27. The Morgan fingerprint density at radius 1 is 1.39 bits per heavy atom. The van der Waals surface area contributed by atoms with Crippen LogP contribution in [-0.2, 0) is 0 Å². The van der Waals surface area contributed by atoms with E-state index in [-0.39, 0.29) is 11.4 Å². The average molecular weight is 265 g/mol. The smallest absolute Gasteiger partial charge is 0.170 e. The number of hydrogen-bond acceptors (Lipinski definition) is 2. The molecule has 1 saturated carbocycles. The fraction of sp³-hybridized carbons (Fsp3) is 0.533. The zero-order valence-corrected chi connectivity index (χ0v) is 11.3. The zero-order chi connectivity index (χ0) is 12.8. The summed E-state index contributed by atoms with van der Waals surface area (Å²) in [6, 6.07) is 5.34. The van der Waals surface area contributed by atoms with Crippen LogP contribution in [0.3, 0.4) is 0 Å². The molecule has 1 aliphatic carbocycles. The van der Waals surface area contributed by atoms with Crippen molar-refractivity contribution in [3.05, 3.63) is 28.8 Å². The van der Waals surface area contributed by atoms with E-state index in [0.29, 0.717) is 28.7 Å². The molecule has 0 aromatic heterocycles. The highest BCUT2D eigenvalue weighted by molar-refractivity contribution is 6.31. The van der Waals surface area contributed by atoms with Crippen molar-refractivity contribution in [1.29, 1.82) is 0 Å². The first-order valence-corrected chi connectivity index (χ1v) is 7.00. The molecule has 1 heterocycles. The summed E-state index contributed by atoms with van der Waals surface area (Å²) in [6.07, 6.45) is 5.04. The summed E-state index contributed by atoms with van der Waals surface area (Å²) in [6.45, 7) is 2.20. The van der Waals surface area contributed by atoms with Crippen LogP contribution in [-0.4, -0.2) is 11.4 Å². The van der Waals surface area contributed by atoms with Crippen LogP contribution in [0.4, 0.5) is 0 Å². The maximum absolute atomic E-state index is 12.3. The summed E-state index contributed by atoms with van der Waals surface area (Å²) in [5.41, 5.74) is 0.377. The molecule has 0 radical (unpaired) electrons. The molecule has 1 spiro atoms. The Balaban J connectivity index is 2.00. The van der Waals surface area contributed by atoms with Gasteiger partial charge in [0.15, 0.2) is 5.78 Å². The topological polar surface area (TPSA) is 26.3 Å². The molecule has 2 nitrogen and oxygen atoms in total. The minimum absolute atomic E-state index is 0.174. The summed E-state index contributed by atoms with van der Waals surface area (Å²) in [5, 5.41) is 0.596. The van der Waals surface area contributed by atoms with Gasteiger partial charge in [0.2, 0.25) is 0 Å². The second-order valence-corrected chi connectivity index (χ2v) is 5.99. The third-order valence-corrected chi connectivity index (χ3v) is 4.64. The van der Waals surface area contributed by atoms with Crippen molar-refractivity contribution in [2.24, 2.45) is 5.92 Å². The lowest BCUT2D eigenvalue weighted by Gasteiger charge is -2.45. The lowest BCUT2D eigenvalue weighted by Crippen LogP contribution is -2.49. The molecule has 0 amide bonds. The van der Waals surface area contributed by atoms with Gasteiger partial charge in [0, 0.05) is 5.02 Å². The highest BCUT2D eigenvalue weighted by atomic mass is 35.5. The second-order valence-electron chi connectivity index (χ2n) is 5.55. The number of halogens is 1. The minimum atomic E-state index is -0.268. The number of hydrogen-bond donors (Lipinski definition) is 0. The number of rotatable bonds is 0. The molecule has 0 N–H and O–H groups in total. The fourth-order valence-corrected chi connectivity index (χ4v) is 3.40. The molecule has 1 aromatic rings. The zero-order valence-electron chi connectivity index (χ0n) is 10.5. The van der Waals surface area contributed by atoms with Gasteiger partial charge in [-0.15, -0.1) is 0 Å². The molecular formula is C15H17ClO2. The maximum Gasteiger partial charge on any atom is 0.170 e. The number of ether oxygens (including phenoxy) is 1. The normalized spacial score (nSPS) is 31.0. The number of carbonyl (C=O) groups excluding carboxylic acids is 1. The monoisotopic (exact) mass is 264 g/mol. The van der Waals surface area contributed by atoms with Gasteiger partial charge in [-0.3, -0.25) is 4.79 Å². The van der Waals surface area contributed by atoms with E-state index in [1.807, 2.05) is 6.07 Å². The van der Waals surface area contributed by atoms with Gasteiger partial charge in [0.1, 0.15) is 11.4 Å². The Bertz CT molecular complexity index is 497. The minimum Gasteiger partial charge on any atom is -0.486 e. The van der Waals surface area contributed by atoms with Gasteiger partial charge in [-0.25, -0.2) is 0 Å². The van der Waals surface area contributed by atoms with E-state index in [0.717, 1.165) is 19.3 Å². The van der Waals surface area contributed by atoms with E-state index in [4.69, 9.17) is 16.3 Å². The SMILES string of the molecule is CC1CCCCC12CC(=O)c1cc(Cl)ccc1O2. The van der Waals surface area contributed by atoms with Gasteiger partial charge in [-0.05, 0) is 43.4 Å². The third-order valence-electron chi connectivity index (χ3n) is 4.40. The average Bonchev–Trinajstić information content (AvgIpc) is 2.34. The van der Waals surface area contributed by atoms with E-state index in [1.165, 1.54) is 6.42 Å². The Labute approximate surface area is 112 Å². The van der Waals surface area contributed by atoms with E-state index in [2.05, 4.69) is 6.92 Å². The first kappa shape index (κ1) is 12.0. The van der Waals surface area contributed by atoms with Gasteiger partial charge in [-0.1, -0.05) is 24.9 Å². The summed E-state index contributed by atoms with van der Waals surface area (Å²) in [5.74, 6) is 1.33. The van der Waals surface area contributed by atoms with Crippen LogP contribution < -0.4 is 4.74 Å². The van der Waals surface area contributed by atoms with Crippen molar-refractivity contribution in [2.45, 2.75) is 44.6 Å². The van der Waals surface area contributed by atoms with Crippen molar-refractivity contribution in [2.75, 3.05) is 0 Å². The predicted molar refractivity (Wildman–Crippen MR) is 71.4 cm³/mol. The highest BCUT2D eigenvalue weighted by Gasteiger charge is 2.45. The molecule has 96 valence electrons. The van der Waals surface area contributed by atoms with Crippen molar-refractivity contribution in [3.8, 4) is 5.75 Å². The summed E-state index contributed by atoms with van der Waals surface area (Å²) < 4.78 is 6.22. The van der Waals surface area contributed by atoms with Crippen molar-refractivity contribution >= 4 is 17.4 Å². The predicted octanol–water partition coefficient (Wildman–Crippen LogP) is 4.25. The van der Waals surface area contributed by atoms with Gasteiger partial charge in [0.25, 0.3) is 0 Å². The Morgan fingerprint density at radius 3 is 3.00 bits per heavy atom.